The molecule has 9 aromatic rings. The molecule has 8 aromatic carbocycles. The number of rotatable bonds is 6. The van der Waals surface area contributed by atoms with E-state index in [2.05, 4.69) is 164 Å². The number of benzene rings is 8. The van der Waals surface area contributed by atoms with Gasteiger partial charge in [0.1, 0.15) is 5.52 Å². The van der Waals surface area contributed by atoms with Crippen LogP contribution in [0.2, 0.25) is 0 Å². The predicted molar refractivity (Wildman–Crippen MR) is 220 cm³/mol. The summed E-state index contributed by atoms with van der Waals surface area (Å²) in [5.74, 6) is 0.642. The number of oxazole rings is 1. The van der Waals surface area contributed by atoms with E-state index in [1.807, 2.05) is 36.4 Å². The molecule has 0 saturated carbocycles. The number of fused-ring (bicyclic) bond motifs is 6. The van der Waals surface area contributed by atoms with Gasteiger partial charge in [-0.1, -0.05) is 135 Å². The van der Waals surface area contributed by atoms with Gasteiger partial charge in [-0.2, -0.15) is 0 Å². The second-order valence-corrected chi connectivity index (χ2v) is 14.4. The van der Waals surface area contributed by atoms with Crippen molar-refractivity contribution in [2.75, 3.05) is 4.90 Å². The summed E-state index contributed by atoms with van der Waals surface area (Å²) in [5.41, 5.74) is 16.1. The van der Waals surface area contributed by atoms with Crippen molar-refractivity contribution < 1.29 is 4.42 Å². The molecule has 252 valence electrons. The van der Waals surface area contributed by atoms with Crippen LogP contribution in [0.25, 0.3) is 66.7 Å². The van der Waals surface area contributed by atoms with Crippen molar-refractivity contribution in [1.82, 2.24) is 4.98 Å². The molecular weight excluding hydrogens is 645 g/mol. The highest BCUT2D eigenvalue weighted by Crippen LogP contribution is 2.50. The third-order valence-corrected chi connectivity index (χ3v) is 10.9. The summed E-state index contributed by atoms with van der Waals surface area (Å²) < 4.78 is 6.15. The molecule has 0 atom stereocenters. The first-order valence-corrected chi connectivity index (χ1v) is 18.2. The zero-order valence-corrected chi connectivity index (χ0v) is 29.6. The maximum atomic E-state index is 6.15. The van der Waals surface area contributed by atoms with E-state index in [1.165, 1.54) is 33.4 Å². The normalized spacial score (nSPS) is 12.9. The SMILES string of the molecule is CC1(C)c2ccccc2-c2cc(N(c3ccc(-c4ccccc4)cc3)c3ccc(-c4ccc5c(ccc6oc(-c7ccccc7)nc65)c4)cc3)ccc21. The molecule has 3 heteroatoms. The summed E-state index contributed by atoms with van der Waals surface area (Å²) in [7, 11) is 0. The minimum absolute atomic E-state index is 0.0439. The first-order valence-electron chi connectivity index (χ1n) is 18.2. The summed E-state index contributed by atoms with van der Waals surface area (Å²) in [6, 6.07) is 65.1. The molecule has 0 radical (unpaired) electrons. The van der Waals surface area contributed by atoms with Gasteiger partial charge in [0.2, 0.25) is 5.89 Å². The molecule has 10 rings (SSSR count). The smallest absolute Gasteiger partial charge is 0.227 e. The molecule has 0 fully saturated rings. The highest BCUT2D eigenvalue weighted by atomic mass is 16.3. The van der Waals surface area contributed by atoms with Gasteiger partial charge in [0, 0.05) is 33.4 Å². The Morgan fingerprint density at radius 2 is 1.02 bits per heavy atom. The van der Waals surface area contributed by atoms with Gasteiger partial charge in [0.15, 0.2) is 5.58 Å². The summed E-state index contributed by atoms with van der Waals surface area (Å²) in [6.07, 6.45) is 0. The van der Waals surface area contributed by atoms with E-state index in [4.69, 9.17) is 9.40 Å². The minimum atomic E-state index is -0.0439. The molecule has 1 heterocycles. The van der Waals surface area contributed by atoms with Gasteiger partial charge in [0.05, 0.1) is 0 Å². The first-order chi connectivity index (χ1) is 26.0. The monoisotopic (exact) mass is 680 g/mol. The van der Waals surface area contributed by atoms with Gasteiger partial charge in [-0.25, -0.2) is 4.98 Å². The maximum absolute atomic E-state index is 6.15. The lowest BCUT2D eigenvalue weighted by Crippen LogP contribution is -2.15. The van der Waals surface area contributed by atoms with E-state index >= 15 is 0 Å². The number of hydrogen-bond acceptors (Lipinski definition) is 3. The van der Waals surface area contributed by atoms with Crippen LogP contribution >= 0.6 is 0 Å². The average Bonchev–Trinajstić information content (AvgIpc) is 3.76. The van der Waals surface area contributed by atoms with Crippen molar-refractivity contribution in [2.45, 2.75) is 19.3 Å². The molecule has 1 aromatic heterocycles. The van der Waals surface area contributed by atoms with E-state index in [0.29, 0.717) is 5.89 Å². The molecule has 53 heavy (non-hydrogen) atoms. The Labute approximate surface area is 309 Å². The number of nitrogens with zero attached hydrogens (tertiary/aromatic N) is 2. The fraction of sp³-hybridized carbons (Fsp3) is 0.0600. The second kappa shape index (κ2) is 12.2. The molecule has 3 nitrogen and oxygen atoms in total. The average molecular weight is 681 g/mol. The molecule has 0 bridgehead atoms. The molecule has 1 aliphatic rings. The molecule has 0 unspecified atom stereocenters. The molecule has 0 saturated heterocycles. The van der Waals surface area contributed by atoms with E-state index < -0.39 is 0 Å². The van der Waals surface area contributed by atoms with Crippen LogP contribution in [0.1, 0.15) is 25.0 Å². The fourth-order valence-corrected chi connectivity index (χ4v) is 8.13. The lowest BCUT2D eigenvalue weighted by atomic mass is 9.82. The van der Waals surface area contributed by atoms with Crippen LogP contribution in [0.4, 0.5) is 17.1 Å². The Morgan fingerprint density at radius 3 is 1.74 bits per heavy atom. The second-order valence-electron chi connectivity index (χ2n) is 14.4. The Kier molecular flexibility index (Phi) is 7.16. The van der Waals surface area contributed by atoms with Crippen molar-refractivity contribution >= 4 is 38.9 Å². The molecule has 0 spiro atoms. The van der Waals surface area contributed by atoms with Crippen LogP contribution in [0.15, 0.2) is 186 Å². The summed E-state index contributed by atoms with van der Waals surface area (Å²) >= 11 is 0. The van der Waals surface area contributed by atoms with Crippen LogP contribution in [0, 0.1) is 0 Å². The van der Waals surface area contributed by atoms with Gasteiger partial charge >= 0.3 is 0 Å². The third kappa shape index (κ3) is 5.24. The van der Waals surface area contributed by atoms with Crippen molar-refractivity contribution in [2.24, 2.45) is 0 Å². The zero-order valence-electron chi connectivity index (χ0n) is 29.6. The Hall–Kier alpha value is -6.71. The van der Waals surface area contributed by atoms with E-state index in [9.17, 15) is 0 Å². The predicted octanol–water partition coefficient (Wildman–Crippen LogP) is 13.8. The third-order valence-electron chi connectivity index (χ3n) is 10.9. The van der Waals surface area contributed by atoms with E-state index in [0.717, 1.165) is 55.6 Å². The van der Waals surface area contributed by atoms with Crippen LogP contribution in [-0.4, -0.2) is 4.98 Å². The van der Waals surface area contributed by atoms with Crippen LogP contribution in [0.3, 0.4) is 0 Å². The Morgan fingerprint density at radius 1 is 0.453 bits per heavy atom. The highest BCUT2D eigenvalue weighted by Gasteiger charge is 2.35. The van der Waals surface area contributed by atoms with Gasteiger partial charge < -0.3 is 9.32 Å². The minimum Gasteiger partial charge on any atom is -0.436 e. The van der Waals surface area contributed by atoms with Crippen molar-refractivity contribution in [3.05, 3.63) is 193 Å². The lowest BCUT2D eigenvalue weighted by Gasteiger charge is -2.27. The molecule has 0 amide bonds. The quantitative estimate of drug-likeness (QED) is 0.175. The molecule has 1 aliphatic carbocycles. The summed E-state index contributed by atoms with van der Waals surface area (Å²) in [6.45, 7) is 4.67. The van der Waals surface area contributed by atoms with Crippen molar-refractivity contribution in [1.29, 1.82) is 0 Å². The lowest BCUT2D eigenvalue weighted by molar-refractivity contribution is 0.620. The van der Waals surface area contributed by atoms with Gasteiger partial charge in [-0.3, -0.25) is 0 Å². The zero-order chi connectivity index (χ0) is 35.5. The first kappa shape index (κ1) is 31.1. The van der Waals surface area contributed by atoms with Crippen molar-refractivity contribution in [3.63, 3.8) is 0 Å². The number of anilines is 3. The van der Waals surface area contributed by atoms with Gasteiger partial charge in [-0.05, 0) is 111 Å². The van der Waals surface area contributed by atoms with Gasteiger partial charge in [-0.15, -0.1) is 0 Å². The Bertz CT molecular complexity index is 2780. The summed E-state index contributed by atoms with van der Waals surface area (Å²) in [5, 5.41) is 2.22. The number of aromatic nitrogens is 1. The largest absolute Gasteiger partial charge is 0.436 e. The van der Waals surface area contributed by atoms with E-state index in [1.54, 1.807) is 0 Å². The topological polar surface area (TPSA) is 29.3 Å². The maximum Gasteiger partial charge on any atom is 0.227 e. The standard InChI is InChI=1S/C50H36N2O/c1-50(2)45-16-10-9-15-43(45)44-32-41(27-29-46(44)50)52(39-23-17-34(18-24-39)33-11-5-3-6-12-33)40-25-19-35(20-26-40)37-21-28-42-38(31-37)22-30-47-48(42)51-49(53-47)36-13-7-4-8-14-36/h3-32H,1-2H3. The van der Waals surface area contributed by atoms with Gasteiger partial charge in [0.25, 0.3) is 0 Å². The molecule has 0 N–H and O–H groups in total. The molecular formula is C50H36N2O. The Balaban J connectivity index is 1.04. The number of hydrogen-bond donors (Lipinski definition) is 0. The van der Waals surface area contributed by atoms with E-state index in [-0.39, 0.29) is 5.41 Å². The summed E-state index contributed by atoms with van der Waals surface area (Å²) in [4.78, 5) is 7.27. The van der Waals surface area contributed by atoms with Crippen LogP contribution in [0.5, 0.6) is 0 Å². The van der Waals surface area contributed by atoms with Crippen molar-refractivity contribution in [3.8, 4) is 44.8 Å². The molecule has 0 aliphatic heterocycles. The fourth-order valence-electron chi connectivity index (χ4n) is 8.13. The highest BCUT2D eigenvalue weighted by molar-refractivity contribution is 6.05. The van der Waals surface area contributed by atoms with Crippen LogP contribution in [-0.2, 0) is 5.41 Å². The van der Waals surface area contributed by atoms with Crippen LogP contribution < -0.4 is 4.90 Å².